The number of nitrogens with zero attached hydrogens (tertiary/aromatic N) is 3. The summed E-state index contributed by atoms with van der Waals surface area (Å²) in [5.74, 6) is 1.39. The maximum Gasteiger partial charge on any atom is 0.221 e. The number of nitrogens with two attached hydrogens (primary N) is 1. The van der Waals surface area contributed by atoms with E-state index in [1.807, 2.05) is 11.6 Å². The van der Waals surface area contributed by atoms with Crippen molar-refractivity contribution in [1.82, 2.24) is 15.0 Å². The van der Waals surface area contributed by atoms with Crippen molar-refractivity contribution in [2.75, 3.05) is 17.6 Å². The minimum Gasteiger partial charge on any atom is -0.369 e. The van der Waals surface area contributed by atoms with Crippen molar-refractivity contribution in [3.8, 4) is 0 Å². The van der Waals surface area contributed by atoms with Gasteiger partial charge in [-0.2, -0.15) is 4.98 Å². The molecule has 0 aromatic carbocycles. The molecule has 0 aliphatic carbocycles. The molecule has 0 fully saturated rings. The van der Waals surface area contributed by atoms with Crippen molar-refractivity contribution in [2.45, 2.75) is 12.8 Å². The number of aromatic nitrogens is 3. The van der Waals surface area contributed by atoms with Crippen molar-refractivity contribution >= 4 is 23.1 Å². The summed E-state index contributed by atoms with van der Waals surface area (Å²) in [6.45, 7) is 2.90. The normalized spacial score (nSPS) is 12.3. The zero-order valence-corrected chi connectivity index (χ0v) is 9.74. The first-order valence-corrected chi connectivity index (χ1v) is 5.85. The maximum absolute atomic E-state index is 5.49. The third-order valence-corrected chi connectivity index (χ3v) is 3.14. The monoisotopic (exact) mass is 235 g/mol. The summed E-state index contributed by atoms with van der Waals surface area (Å²) in [5.41, 5.74) is 5.49. The Morgan fingerprint density at radius 3 is 3.00 bits per heavy atom. The largest absolute Gasteiger partial charge is 0.369 e. The first kappa shape index (κ1) is 10.8. The quantitative estimate of drug-likeness (QED) is 0.844. The van der Waals surface area contributed by atoms with Gasteiger partial charge >= 0.3 is 0 Å². The lowest BCUT2D eigenvalue weighted by Gasteiger charge is -2.10. The topological polar surface area (TPSA) is 76.7 Å². The fraction of sp³-hybridized carbons (Fsp3) is 0.300. The molecule has 0 spiro atoms. The molecule has 1 unspecified atom stereocenters. The van der Waals surface area contributed by atoms with Crippen LogP contribution in [0.1, 0.15) is 17.8 Å². The van der Waals surface area contributed by atoms with Crippen LogP contribution in [0.2, 0.25) is 0 Å². The summed E-state index contributed by atoms with van der Waals surface area (Å²) >= 11 is 1.66. The number of nitrogen functional groups attached to an aromatic ring is 1. The fourth-order valence-corrected chi connectivity index (χ4v) is 1.99. The Bertz CT molecular complexity index is 442. The molecule has 2 rings (SSSR count). The van der Waals surface area contributed by atoms with E-state index in [9.17, 15) is 0 Å². The fourth-order valence-electron chi connectivity index (χ4n) is 1.30. The molecule has 0 aliphatic rings. The molecule has 0 amide bonds. The van der Waals surface area contributed by atoms with E-state index >= 15 is 0 Å². The molecule has 3 N–H and O–H groups in total. The first-order valence-electron chi connectivity index (χ1n) is 4.97. The van der Waals surface area contributed by atoms with Gasteiger partial charge in [-0.15, -0.1) is 11.3 Å². The highest BCUT2D eigenvalue weighted by molar-refractivity contribution is 7.09. The number of anilines is 2. The average molecular weight is 235 g/mol. The van der Waals surface area contributed by atoms with Gasteiger partial charge in [-0.1, -0.05) is 6.92 Å². The molecule has 1 atom stereocenters. The van der Waals surface area contributed by atoms with Crippen LogP contribution < -0.4 is 11.1 Å². The maximum atomic E-state index is 5.49. The molecule has 16 heavy (non-hydrogen) atoms. The van der Waals surface area contributed by atoms with Crippen LogP contribution >= 0.6 is 11.3 Å². The highest BCUT2D eigenvalue weighted by Crippen LogP contribution is 2.17. The summed E-state index contributed by atoms with van der Waals surface area (Å²) in [6, 6.07) is 1.80. The van der Waals surface area contributed by atoms with Crippen molar-refractivity contribution in [3.05, 3.63) is 28.8 Å². The number of nitrogens with one attached hydrogen (secondary N) is 1. The minimum absolute atomic E-state index is 0.284. The van der Waals surface area contributed by atoms with Gasteiger partial charge < -0.3 is 11.1 Å². The minimum atomic E-state index is 0.284. The van der Waals surface area contributed by atoms with Crippen LogP contribution in [0.4, 0.5) is 11.8 Å². The Morgan fingerprint density at radius 1 is 1.44 bits per heavy atom. The second-order valence-corrected chi connectivity index (χ2v) is 4.38. The van der Waals surface area contributed by atoms with Gasteiger partial charge in [0.1, 0.15) is 5.82 Å². The second-order valence-electron chi connectivity index (χ2n) is 3.45. The second kappa shape index (κ2) is 4.89. The lowest BCUT2D eigenvalue weighted by Crippen LogP contribution is -2.11. The van der Waals surface area contributed by atoms with E-state index in [2.05, 4.69) is 27.2 Å². The molecule has 2 heterocycles. The van der Waals surface area contributed by atoms with Crippen LogP contribution in [-0.2, 0) is 0 Å². The number of hydrogen-bond donors (Lipinski definition) is 2. The molecule has 0 bridgehead atoms. The van der Waals surface area contributed by atoms with Crippen LogP contribution in [0.3, 0.4) is 0 Å². The van der Waals surface area contributed by atoms with Gasteiger partial charge in [0.2, 0.25) is 5.95 Å². The van der Waals surface area contributed by atoms with Crippen molar-refractivity contribution in [2.24, 2.45) is 0 Å². The Balaban J connectivity index is 1.92. The van der Waals surface area contributed by atoms with Crippen molar-refractivity contribution < 1.29 is 0 Å². The summed E-state index contributed by atoms with van der Waals surface area (Å²) in [5, 5.41) is 6.31. The Labute approximate surface area is 97.8 Å². The van der Waals surface area contributed by atoms with E-state index in [0.29, 0.717) is 5.92 Å². The third-order valence-electron chi connectivity index (χ3n) is 2.14. The van der Waals surface area contributed by atoms with E-state index in [4.69, 9.17) is 5.73 Å². The van der Waals surface area contributed by atoms with Gasteiger partial charge in [0.05, 0.1) is 5.01 Å². The molecule has 84 valence electrons. The van der Waals surface area contributed by atoms with Gasteiger partial charge in [0.15, 0.2) is 0 Å². The molecule has 2 aromatic heterocycles. The predicted molar refractivity (Wildman–Crippen MR) is 65.5 cm³/mol. The Morgan fingerprint density at radius 2 is 2.31 bits per heavy atom. The van der Waals surface area contributed by atoms with Crippen LogP contribution in [0.15, 0.2) is 23.8 Å². The van der Waals surface area contributed by atoms with E-state index in [1.54, 1.807) is 23.6 Å². The van der Waals surface area contributed by atoms with E-state index < -0.39 is 0 Å². The van der Waals surface area contributed by atoms with Crippen LogP contribution in [0.5, 0.6) is 0 Å². The standard InChI is InChI=1S/C10H13N5S/c1-7(9-12-4-5-16-9)6-14-8-2-3-13-10(11)15-8/h2-5,7H,6H2,1H3,(H3,11,13,14,15). The van der Waals surface area contributed by atoms with E-state index in [-0.39, 0.29) is 5.95 Å². The summed E-state index contributed by atoms with van der Waals surface area (Å²) < 4.78 is 0. The molecule has 0 saturated heterocycles. The average Bonchev–Trinajstić information content (AvgIpc) is 2.79. The van der Waals surface area contributed by atoms with E-state index in [0.717, 1.165) is 17.4 Å². The van der Waals surface area contributed by atoms with Crippen LogP contribution in [0, 0.1) is 0 Å². The highest BCUT2D eigenvalue weighted by Gasteiger charge is 2.07. The van der Waals surface area contributed by atoms with Crippen LogP contribution in [0.25, 0.3) is 0 Å². The lowest BCUT2D eigenvalue weighted by atomic mass is 10.2. The van der Waals surface area contributed by atoms with E-state index in [1.165, 1.54) is 0 Å². The molecular weight excluding hydrogens is 222 g/mol. The Kier molecular flexibility index (Phi) is 3.31. The third kappa shape index (κ3) is 2.66. The SMILES string of the molecule is CC(CNc1ccnc(N)n1)c1nccs1. The zero-order valence-electron chi connectivity index (χ0n) is 8.92. The summed E-state index contributed by atoms with van der Waals surface area (Å²) in [6.07, 6.45) is 3.46. The molecule has 0 radical (unpaired) electrons. The van der Waals surface area contributed by atoms with Gasteiger partial charge in [-0.05, 0) is 6.07 Å². The first-order chi connectivity index (χ1) is 7.75. The summed E-state index contributed by atoms with van der Waals surface area (Å²) in [4.78, 5) is 12.2. The molecular formula is C10H13N5S. The molecule has 6 heteroatoms. The van der Waals surface area contributed by atoms with Crippen molar-refractivity contribution in [3.63, 3.8) is 0 Å². The van der Waals surface area contributed by atoms with Crippen molar-refractivity contribution in [1.29, 1.82) is 0 Å². The lowest BCUT2D eigenvalue weighted by molar-refractivity contribution is 0.791. The predicted octanol–water partition coefficient (Wildman–Crippen LogP) is 1.73. The van der Waals surface area contributed by atoms with Gasteiger partial charge in [-0.3, -0.25) is 0 Å². The number of thiazole rings is 1. The molecule has 0 aliphatic heterocycles. The molecule has 0 saturated carbocycles. The molecule has 5 nitrogen and oxygen atoms in total. The van der Waals surface area contributed by atoms with Gasteiger partial charge in [0.25, 0.3) is 0 Å². The number of rotatable bonds is 4. The number of hydrogen-bond acceptors (Lipinski definition) is 6. The van der Waals surface area contributed by atoms with Gasteiger partial charge in [-0.25, -0.2) is 9.97 Å². The molecule has 2 aromatic rings. The van der Waals surface area contributed by atoms with Gasteiger partial charge in [0, 0.05) is 30.2 Å². The highest BCUT2D eigenvalue weighted by atomic mass is 32.1. The zero-order chi connectivity index (χ0) is 11.4. The van der Waals surface area contributed by atoms with Crippen LogP contribution in [-0.4, -0.2) is 21.5 Å². The smallest absolute Gasteiger partial charge is 0.221 e. The Hall–Kier alpha value is -1.69. The summed E-state index contributed by atoms with van der Waals surface area (Å²) in [7, 11) is 0.